The second kappa shape index (κ2) is 10.9. The number of morpholine rings is 1. The standard InChI is InChI=1S/C28H31F5N2O6S2/c29-22-5-6-23(30)26-25(22)27(42(36,37)18-3-1-17(2-4-18)28(31,32)33)9-7-24-20(21(27)16-41-26)15-19(43(38,39)34-24)8-10-35-11-13-40-14-12-35/h1-6,19-21,24,34H,7-16H2/t19-,20+,21+,24-,27+/m1/s1. The summed E-state index contributed by atoms with van der Waals surface area (Å²) in [5.41, 5.74) is -1.56. The number of sulfonamides is 1. The first-order chi connectivity index (χ1) is 20.3. The molecule has 8 nitrogen and oxygen atoms in total. The second-order valence-corrected chi connectivity index (χ2v) is 15.8. The fraction of sp³-hybridized carbons (Fsp3) is 0.571. The van der Waals surface area contributed by atoms with Crippen LogP contribution in [0, 0.1) is 23.5 Å². The number of halogens is 5. The molecule has 0 bridgehead atoms. The SMILES string of the molecule is O=S1(=O)N[C@@H]2CC[C@@]3(S(=O)(=O)c4ccc(C(F)(F)F)cc4)c4c(F)ccc(F)c4OC[C@H]3[C@@H]2C[C@H]1CCN1CCOCC1. The van der Waals surface area contributed by atoms with Gasteiger partial charge in [0, 0.05) is 25.0 Å². The smallest absolute Gasteiger partial charge is 0.416 e. The summed E-state index contributed by atoms with van der Waals surface area (Å²) in [4.78, 5) is 1.62. The quantitative estimate of drug-likeness (QED) is 0.491. The molecular weight excluding hydrogens is 619 g/mol. The van der Waals surface area contributed by atoms with Crippen LogP contribution in [0.15, 0.2) is 41.3 Å². The van der Waals surface area contributed by atoms with E-state index < -0.39 is 87.3 Å². The predicted molar refractivity (Wildman–Crippen MR) is 144 cm³/mol. The number of hydrogen-bond donors (Lipinski definition) is 1. The van der Waals surface area contributed by atoms with Gasteiger partial charge in [-0.1, -0.05) is 0 Å². The molecule has 43 heavy (non-hydrogen) atoms. The first kappa shape index (κ1) is 30.7. The van der Waals surface area contributed by atoms with Crippen molar-refractivity contribution < 1.29 is 48.3 Å². The summed E-state index contributed by atoms with van der Waals surface area (Å²) in [5.74, 6) is -4.18. The maximum atomic E-state index is 15.7. The topological polar surface area (TPSA) is 102 Å². The van der Waals surface area contributed by atoms with Gasteiger partial charge in [0.1, 0.15) is 10.6 Å². The molecule has 3 heterocycles. The van der Waals surface area contributed by atoms with Crippen LogP contribution in [-0.2, 0) is 35.5 Å². The molecule has 1 aliphatic carbocycles. The maximum Gasteiger partial charge on any atom is 0.416 e. The summed E-state index contributed by atoms with van der Waals surface area (Å²) in [6.45, 7) is 2.51. The molecule has 2 aromatic carbocycles. The van der Waals surface area contributed by atoms with E-state index in [0.717, 1.165) is 24.3 Å². The van der Waals surface area contributed by atoms with Crippen LogP contribution < -0.4 is 9.46 Å². The van der Waals surface area contributed by atoms with E-state index in [-0.39, 0.29) is 32.3 Å². The number of rotatable bonds is 5. The monoisotopic (exact) mass is 650 g/mol. The van der Waals surface area contributed by atoms with Gasteiger partial charge in [0.05, 0.1) is 41.1 Å². The molecule has 5 atom stereocenters. The Labute approximate surface area is 246 Å². The van der Waals surface area contributed by atoms with Gasteiger partial charge in [0.15, 0.2) is 21.4 Å². The number of fused-ring (bicyclic) bond motifs is 5. The third-order valence-electron chi connectivity index (χ3n) is 9.48. The molecule has 236 valence electrons. The van der Waals surface area contributed by atoms with Gasteiger partial charge in [-0.3, -0.25) is 4.90 Å². The molecule has 0 unspecified atom stereocenters. The Morgan fingerprint density at radius 3 is 2.37 bits per heavy atom. The summed E-state index contributed by atoms with van der Waals surface area (Å²) in [6, 6.07) is 3.91. The van der Waals surface area contributed by atoms with Crippen molar-refractivity contribution >= 4 is 19.9 Å². The van der Waals surface area contributed by atoms with Crippen molar-refractivity contribution in [2.45, 2.75) is 52.8 Å². The van der Waals surface area contributed by atoms with Crippen molar-refractivity contribution in [2.75, 3.05) is 39.5 Å². The molecule has 2 saturated heterocycles. The number of benzene rings is 2. The molecule has 3 fully saturated rings. The third-order valence-corrected chi connectivity index (χ3v) is 14.0. The van der Waals surface area contributed by atoms with E-state index in [2.05, 4.69) is 9.62 Å². The Morgan fingerprint density at radius 2 is 1.70 bits per heavy atom. The number of nitrogens with zero attached hydrogens (tertiary/aromatic N) is 1. The maximum absolute atomic E-state index is 15.7. The van der Waals surface area contributed by atoms with Crippen LogP contribution >= 0.6 is 0 Å². The van der Waals surface area contributed by atoms with E-state index in [1.807, 2.05) is 0 Å². The first-order valence-electron chi connectivity index (χ1n) is 14.1. The van der Waals surface area contributed by atoms with Gasteiger partial charge in [0.25, 0.3) is 0 Å². The van der Waals surface area contributed by atoms with Gasteiger partial charge in [-0.25, -0.2) is 30.3 Å². The molecule has 0 aromatic heterocycles. The van der Waals surface area contributed by atoms with Gasteiger partial charge in [-0.2, -0.15) is 13.2 Å². The zero-order valence-corrected chi connectivity index (χ0v) is 24.6. The Morgan fingerprint density at radius 1 is 1.02 bits per heavy atom. The summed E-state index contributed by atoms with van der Waals surface area (Å²) in [7, 11) is -8.45. The van der Waals surface area contributed by atoms with Crippen LogP contribution in [0.1, 0.15) is 36.8 Å². The number of ether oxygens (including phenoxy) is 2. The fourth-order valence-electron chi connectivity index (χ4n) is 7.34. The van der Waals surface area contributed by atoms with Gasteiger partial charge in [-0.05, 0) is 74.5 Å². The second-order valence-electron chi connectivity index (χ2n) is 11.6. The first-order valence-corrected chi connectivity index (χ1v) is 17.1. The van der Waals surface area contributed by atoms with Crippen molar-refractivity contribution in [3.05, 3.63) is 59.2 Å². The van der Waals surface area contributed by atoms with Gasteiger partial charge in [-0.15, -0.1) is 0 Å². The van der Waals surface area contributed by atoms with E-state index in [1.165, 1.54) is 0 Å². The minimum absolute atomic E-state index is 0.00810. The fourth-order valence-corrected chi connectivity index (χ4v) is 11.5. The molecule has 6 rings (SSSR count). The molecule has 15 heteroatoms. The van der Waals surface area contributed by atoms with Crippen molar-refractivity contribution in [3.8, 4) is 5.75 Å². The summed E-state index contributed by atoms with van der Waals surface area (Å²) in [5, 5.41) is -0.875. The molecule has 0 amide bonds. The molecule has 1 N–H and O–H groups in total. The minimum Gasteiger partial charge on any atom is -0.490 e. The van der Waals surface area contributed by atoms with E-state index in [1.54, 1.807) is 0 Å². The van der Waals surface area contributed by atoms with E-state index >= 15 is 8.78 Å². The Hall–Kier alpha value is -2.33. The van der Waals surface area contributed by atoms with Crippen LogP contribution in [0.4, 0.5) is 22.0 Å². The summed E-state index contributed by atoms with van der Waals surface area (Å²) >= 11 is 0. The molecule has 3 aliphatic heterocycles. The number of sulfone groups is 1. The number of hydrogen-bond acceptors (Lipinski definition) is 7. The van der Waals surface area contributed by atoms with Crippen molar-refractivity contribution in [3.63, 3.8) is 0 Å². The Bertz CT molecular complexity index is 1600. The van der Waals surface area contributed by atoms with Gasteiger partial charge < -0.3 is 9.47 Å². The molecule has 2 aromatic rings. The van der Waals surface area contributed by atoms with Crippen LogP contribution in [-0.4, -0.2) is 72.5 Å². The average Bonchev–Trinajstić information content (AvgIpc) is 2.97. The molecule has 0 radical (unpaired) electrons. The van der Waals surface area contributed by atoms with E-state index in [9.17, 15) is 30.0 Å². The van der Waals surface area contributed by atoms with Crippen LogP contribution in [0.5, 0.6) is 5.75 Å². The van der Waals surface area contributed by atoms with Crippen LogP contribution in [0.25, 0.3) is 0 Å². The lowest BCUT2D eigenvalue weighted by atomic mass is 9.64. The average molecular weight is 651 g/mol. The highest BCUT2D eigenvalue weighted by atomic mass is 32.2. The lowest BCUT2D eigenvalue weighted by Gasteiger charge is -2.55. The Balaban J connectivity index is 1.43. The van der Waals surface area contributed by atoms with Crippen LogP contribution in [0.3, 0.4) is 0 Å². The zero-order chi connectivity index (χ0) is 30.8. The van der Waals surface area contributed by atoms with Crippen LogP contribution in [0.2, 0.25) is 0 Å². The highest BCUT2D eigenvalue weighted by molar-refractivity contribution is 7.92. The summed E-state index contributed by atoms with van der Waals surface area (Å²) < 4.78 is 138. The van der Waals surface area contributed by atoms with Crippen molar-refractivity contribution in [2.24, 2.45) is 11.8 Å². The molecule has 0 spiro atoms. The lowest BCUT2D eigenvalue weighted by Crippen LogP contribution is -2.64. The largest absolute Gasteiger partial charge is 0.490 e. The zero-order valence-electron chi connectivity index (χ0n) is 22.9. The highest BCUT2D eigenvalue weighted by Crippen LogP contribution is 2.59. The third kappa shape index (κ3) is 5.14. The van der Waals surface area contributed by atoms with Gasteiger partial charge in [0.2, 0.25) is 10.0 Å². The Kier molecular flexibility index (Phi) is 7.80. The van der Waals surface area contributed by atoms with E-state index in [4.69, 9.17) is 9.47 Å². The normalized spacial score (nSPS) is 30.9. The lowest BCUT2D eigenvalue weighted by molar-refractivity contribution is -0.137. The van der Waals surface area contributed by atoms with E-state index in [0.29, 0.717) is 45.0 Å². The highest BCUT2D eigenvalue weighted by Gasteiger charge is 2.64. The molecule has 4 aliphatic rings. The summed E-state index contributed by atoms with van der Waals surface area (Å²) in [6.07, 6.45) is -4.68. The number of nitrogens with one attached hydrogen (secondary N) is 1. The minimum atomic E-state index is -4.71. The van der Waals surface area contributed by atoms with Gasteiger partial charge >= 0.3 is 6.18 Å². The molecular formula is C28H31F5N2O6S2. The number of alkyl halides is 3. The molecule has 1 saturated carbocycles. The predicted octanol–water partition coefficient (Wildman–Crippen LogP) is 3.85. The van der Waals surface area contributed by atoms with Crippen molar-refractivity contribution in [1.82, 2.24) is 9.62 Å². The van der Waals surface area contributed by atoms with Crippen molar-refractivity contribution in [1.29, 1.82) is 0 Å².